The van der Waals surface area contributed by atoms with E-state index >= 15 is 0 Å². The number of hydrogen-bond donors (Lipinski definition) is 1. The van der Waals surface area contributed by atoms with Crippen LogP contribution in [0.4, 0.5) is 14.7 Å². The molecule has 32 heavy (non-hydrogen) atoms. The maximum atomic E-state index is 13.6. The Labute approximate surface area is 188 Å². The standard InChI is InChI=1S/C24H22F2N4OS/c1-24(2)11-18-20(19(31)12-24)21(15-6-8-16(25)9-7-15)30-22(27-18)28-23(29-30)32-13-14-4-3-5-17(26)10-14/h3-10,21H,11-13H2,1-2H3,(H,27,28,29)/t21-/m1/s1. The molecule has 2 aromatic carbocycles. The number of nitrogens with one attached hydrogen (secondary N) is 1. The van der Waals surface area contributed by atoms with E-state index in [4.69, 9.17) is 0 Å². The van der Waals surface area contributed by atoms with E-state index in [-0.39, 0.29) is 22.8 Å². The van der Waals surface area contributed by atoms with Crippen molar-refractivity contribution in [2.75, 3.05) is 5.32 Å². The van der Waals surface area contributed by atoms with Crippen molar-refractivity contribution in [3.05, 3.63) is 82.6 Å². The quantitative estimate of drug-likeness (QED) is 0.529. The van der Waals surface area contributed by atoms with Gasteiger partial charge < -0.3 is 5.32 Å². The number of ketones is 1. The first-order chi connectivity index (χ1) is 15.3. The molecular formula is C24H22F2N4OS. The van der Waals surface area contributed by atoms with Crippen LogP contribution in [-0.2, 0) is 10.5 Å². The number of rotatable bonds is 4. The number of Topliss-reactive ketones (excluding diaryl/α,β-unsaturated/α-hetero) is 1. The summed E-state index contributed by atoms with van der Waals surface area (Å²) >= 11 is 1.40. The minimum atomic E-state index is -0.471. The summed E-state index contributed by atoms with van der Waals surface area (Å²) in [7, 11) is 0. The molecule has 164 valence electrons. The molecule has 0 spiro atoms. The fourth-order valence-corrected chi connectivity index (χ4v) is 5.15. The van der Waals surface area contributed by atoms with E-state index in [1.165, 1.54) is 36.0 Å². The molecule has 2 heterocycles. The van der Waals surface area contributed by atoms with Crippen LogP contribution in [0.15, 0.2) is 65.0 Å². The monoisotopic (exact) mass is 452 g/mol. The highest BCUT2D eigenvalue weighted by Crippen LogP contribution is 2.45. The van der Waals surface area contributed by atoms with Crippen molar-refractivity contribution in [1.29, 1.82) is 0 Å². The number of carbonyl (C=O) groups is 1. The lowest BCUT2D eigenvalue weighted by atomic mass is 9.73. The Hall–Kier alpha value is -3.00. The van der Waals surface area contributed by atoms with Gasteiger partial charge in [0.2, 0.25) is 11.1 Å². The topological polar surface area (TPSA) is 59.8 Å². The number of halogens is 2. The zero-order valence-electron chi connectivity index (χ0n) is 17.7. The van der Waals surface area contributed by atoms with Crippen molar-refractivity contribution in [2.45, 2.75) is 43.6 Å². The van der Waals surface area contributed by atoms with Crippen molar-refractivity contribution in [3.8, 4) is 0 Å². The maximum absolute atomic E-state index is 13.6. The largest absolute Gasteiger partial charge is 0.328 e. The molecule has 0 unspecified atom stereocenters. The molecule has 1 atom stereocenters. The van der Waals surface area contributed by atoms with E-state index in [9.17, 15) is 13.6 Å². The second-order valence-electron chi connectivity index (χ2n) is 8.99. The number of aromatic nitrogens is 3. The summed E-state index contributed by atoms with van der Waals surface area (Å²) in [4.78, 5) is 17.8. The van der Waals surface area contributed by atoms with Gasteiger partial charge in [0.1, 0.15) is 17.7 Å². The number of benzene rings is 2. The van der Waals surface area contributed by atoms with Gasteiger partial charge in [0.25, 0.3) is 0 Å². The number of allylic oxidation sites excluding steroid dienone is 2. The Bertz CT molecular complexity index is 1230. The number of carbonyl (C=O) groups excluding carboxylic acids is 1. The lowest BCUT2D eigenvalue weighted by molar-refractivity contribution is -0.118. The SMILES string of the molecule is CC1(C)CC(=O)C2=C(C1)Nc1nc(SCc3cccc(F)c3)nn1[C@@H]2c1ccc(F)cc1. The summed E-state index contributed by atoms with van der Waals surface area (Å²) in [5.41, 5.74) is 2.96. The third kappa shape index (κ3) is 3.95. The van der Waals surface area contributed by atoms with Gasteiger partial charge in [-0.05, 0) is 47.2 Å². The highest BCUT2D eigenvalue weighted by atomic mass is 32.2. The number of thioether (sulfide) groups is 1. The highest BCUT2D eigenvalue weighted by molar-refractivity contribution is 7.98. The number of nitrogens with zero attached hydrogens (tertiary/aromatic N) is 3. The van der Waals surface area contributed by atoms with Gasteiger partial charge in [-0.3, -0.25) is 4.79 Å². The van der Waals surface area contributed by atoms with Crippen LogP contribution in [0.2, 0.25) is 0 Å². The summed E-state index contributed by atoms with van der Waals surface area (Å²) < 4.78 is 28.8. The molecule has 2 aliphatic rings. The average Bonchev–Trinajstić information content (AvgIpc) is 3.13. The van der Waals surface area contributed by atoms with Crippen molar-refractivity contribution >= 4 is 23.5 Å². The van der Waals surface area contributed by atoms with Crippen molar-refractivity contribution in [3.63, 3.8) is 0 Å². The fraction of sp³-hybridized carbons (Fsp3) is 0.292. The molecule has 3 aromatic rings. The van der Waals surface area contributed by atoms with Crippen molar-refractivity contribution < 1.29 is 13.6 Å². The second-order valence-corrected chi connectivity index (χ2v) is 9.94. The number of hydrogen-bond acceptors (Lipinski definition) is 5. The van der Waals surface area contributed by atoms with Gasteiger partial charge in [0.05, 0.1) is 0 Å². The molecule has 1 aliphatic carbocycles. The maximum Gasteiger partial charge on any atom is 0.227 e. The van der Waals surface area contributed by atoms with Crippen LogP contribution in [-0.4, -0.2) is 20.5 Å². The van der Waals surface area contributed by atoms with Gasteiger partial charge in [-0.1, -0.05) is 49.9 Å². The molecule has 0 amide bonds. The Kier molecular flexibility index (Phi) is 5.12. The van der Waals surface area contributed by atoms with Crippen LogP contribution >= 0.6 is 11.8 Å². The summed E-state index contributed by atoms with van der Waals surface area (Å²) in [5, 5.41) is 8.51. The smallest absolute Gasteiger partial charge is 0.227 e. The molecular weight excluding hydrogens is 430 g/mol. The molecule has 0 saturated heterocycles. The Balaban J connectivity index is 1.52. The highest BCUT2D eigenvalue weighted by Gasteiger charge is 2.41. The number of fused-ring (bicyclic) bond motifs is 1. The zero-order chi connectivity index (χ0) is 22.5. The lowest BCUT2D eigenvalue weighted by Crippen LogP contribution is -2.36. The number of anilines is 1. The minimum Gasteiger partial charge on any atom is -0.328 e. The molecule has 5 nitrogen and oxygen atoms in total. The van der Waals surface area contributed by atoms with Gasteiger partial charge in [-0.25, -0.2) is 13.5 Å². The molecule has 0 bridgehead atoms. The fourth-order valence-electron chi connectivity index (χ4n) is 4.38. The summed E-state index contributed by atoms with van der Waals surface area (Å²) in [5.74, 6) is 0.509. The third-order valence-corrected chi connectivity index (χ3v) is 6.66. The molecule has 0 fully saturated rings. The predicted octanol–water partition coefficient (Wildman–Crippen LogP) is 5.51. The van der Waals surface area contributed by atoms with E-state index in [1.807, 2.05) is 6.07 Å². The first-order valence-electron chi connectivity index (χ1n) is 10.4. The summed E-state index contributed by atoms with van der Waals surface area (Å²) in [6, 6.07) is 12.1. The van der Waals surface area contributed by atoms with Crippen LogP contribution in [0.5, 0.6) is 0 Å². The first-order valence-corrected chi connectivity index (χ1v) is 11.4. The Morgan fingerprint density at radius 3 is 2.66 bits per heavy atom. The molecule has 1 N–H and O–H groups in total. The van der Waals surface area contributed by atoms with Crippen molar-refractivity contribution in [2.24, 2.45) is 5.41 Å². The van der Waals surface area contributed by atoms with Gasteiger partial charge in [0.15, 0.2) is 5.78 Å². The Morgan fingerprint density at radius 1 is 1.12 bits per heavy atom. The molecule has 0 radical (unpaired) electrons. The molecule has 1 aliphatic heterocycles. The van der Waals surface area contributed by atoms with Gasteiger partial charge in [-0.2, -0.15) is 4.98 Å². The molecule has 8 heteroatoms. The van der Waals surface area contributed by atoms with E-state index < -0.39 is 6.04 Å². The van der Waals surface area contributed by atoms with E-state index in [1.54, 1.807) is 22.9 Å². The van der Waals surface area contributed by atoms with Crippen molar-refractivity contribution in [1.82, 2.24) is 14.8 Å². The van der Waals surface area contributed by atoms with E-state index in [2.05, 4.69) is 29.2 Å². The Morgan fingerprint density at radius 2 is 1.91 bits per heavy atom. The van der Waals surface area contributed by atoms with Crippen LogP contribution < -0.4 is 5.32 Å². The van der Waals surface area contributed by atoms with Gasteiger partial charge in [0, 0.05) is 23.4 Å². The third-order valence-electron chi connectivity index (χ3n) is 5.76. The van der Waals surface area contributed by atoms with Crippen LogP contribution in [0, 0.1) is 17.0 Å². The molecule has 5 rings (SSSR count). The average molecular weight is 453 g/mol. The lowest BCUT2D eigenvalue weighted by Gasteiger charge is -2.38. The first kappa shape index (κ1) is 20.9. The van der Waals surface area contributed by atoms with Gasteiger partial charge >= 0.3 is 0 Å². The predicted molar refractivity (Wildman–Crippen MR) is 119 cm³/mol. The minimum absolute atomic E-state index is 0.0631. The normalized spacial score (nSPS) is 19.4. The van der Waals surface area contributed by atoms with Crippen LogP contribution in [0.25, 0.3) is 0 Å². The molecule has 0 saturated carbocycles. The zero-order valence-corrected chi connectivity index (χ0v) is 18.5. The summed E-state index contributed by atoms with van der Waals surface area (Å²) in [6.45, 7) is 4.14. The van der Waals surface area contributed by atoms with Crippen LogP contribution in [0.3, 0.4) is 0 Å². The van der Waals surface area contributed by atoms with E-state index in [0.29, 0.717) is 35.3 Å². The van der Waals surface area contributed by atoms with E-state index in [0.717, 1.165) is 16.8 Å². The van der Waals surface area contributed by atoms with Crippen LogP contribution in [0.1, 0.15) is 43.9 Å². The second kappa shape index (κ2) is 7.85. The van der Waals surface area contributed by atoms with Gasteiger partial charge in [-0.15, -0.1) is 5.10 Å². The molecule has 1 aromatic heterocycles. The summed E-state index contributed by atoms with van der Waals surface area (Å²) in [6.07, 6.45) is 1.15.